The van der Waals surface area contributed by atoms with Gasteiger partial charge >= 0.3 is 5.97 Å². The lowest BCUT2D eigenvalue weighted by Gasteiger charge is -2.26. The number of nitrogens with zero attached hydrogens (tertiary/aromatic N) is 1. The molecule has 5 heteroatoms. The summed E-state index contributed by atoms with van der Waals surface area (Å²) in [6.07, 6.45) is 0.467. The van der Waals surface area contributed by atoms with Gasteiger partial charge in [0.15, 0.2) is 0 Å². The fraction of sp³-hybridized carbons (Fsp3) is 0.818. The van der Waals surface area contributed by atoms with E-state index in [-0.39, 0.29) is 24.6 Å². The predicted molar refractivity (Wildman–Crippen MR) is 58.1 cm³/mol. The van der Waals surface area contributed by atoms with Gasteiger partial charge in [0.2, 0.25) is 0 Å². The Morgan fingerprint density at radius 2 is 1.94 bits per heavy atom. The van der Waals surface area contributed by atoms with Gasteiger partial charge in [-0.3, -0.25) is 9.69 Å². The van der Waals surface area contributed by atoms with Crippen LogP contribution in [0.1, 0.15) is 19.8 Å². The molecule has 0 aromatic carbocycles. The van der Waals surface area contributed by atoms with Crippen LogP contribution in [0.25, 0.3) is 0 Å². The zero-order chi connectivity index (χ0) is 11.8. The summed E-state index contributed by atoms with van der Waals surface area (Å²) in [6, 6.07) is 0. The Kier molecular flexibility index (Phi) is 6.03. The van der Waals surface area contributed by atoms with Crippen LogP contribution in [0.4, 0.5) is 0 Å². The van der Waals surface area contributed by atoms with Crippen molar-refractivity contribution in [2.75, 3.05) is 39.5 Å². The van der Waals surface area contributed by atoms with E-state index in [1.54, 1.807) is 0 Å². The molecule has 0 aromatic heterocycles. The van der Waals surface area contributed by atoms with Crippen molar-refractivity contribution < 1.29 is 19.1 Å². The van der Waals surface area contributed by atoms with Gasteiger partial charge in [0.25, 0.3) is 0 Å². The van der Waals surface area contributed by atoms with E-state index in [1.807, 2.05) is 0 Å². The molecular formula is C11H19NO4. The zero-order valence-electron chi connectivity index (χ0n) is 9.74. The quantitative estimate of drug-likeness (QED) is 0.610. The molecule has 0 radical (unpaired) electrons. The highest BCUT2D eigenvalue weighted by molar-refractivity contribution is 5.80. The van der Waals surface area contributed by atoms with E-state index in [1.165, 1.54) is 6.92 Å². The molecule has 0 bridgehead atoms. The summed E-state index contributed by atoms with van der Waals surface area (Å²) in [5.41, 5.74) is 0. The largest absolute Gasteiger partial charge is 0.464 e. The maximum absolute atomic E-state index is 11.2. The second kappa shape index (κ2) is 7.35. The minimum absolute atomic E-state index is 0.0186. The molecule has 1 heterocycles. The van der Waals surface area contributed by atoms with E-state index in [0.29, 0.717) is 6.61 Å². The van der Waals surface area contributed by atoms with Crippen LogP contribution in [0.3, 0.4) is 0 Å². The van der Waals surface area contributed by atoms with Gasteiger partial charge in [0.1, 0.15) is 12.4 Å². The molecule has 0 amide bonds. The topological polar surface area (TPSA) is 55.8 Å². The van der Waals surface area contributed by atoms with Gasteiger partial charge in [-0.15, -0.1) is 0 Å². The van der Waals surface area contributed by atoms with Crippen LogP contribution in [-0.2, 0) is 19.1 Å². The number of morpholine rings is 1. The lowest BCUT2D eigenvalue weighted by Crippen LogP contribution is -2.38. The third kappa shape index (κ3) is 5.82. The minimum Gasteiger partial charge on any atom is -0.464 e. The summed E-state index contributed by atoms with van der Waals surface area (Å²) in [5.74, 6) is -0.270. The molecule has 0 N–H and O–H groups in total. The molecule has 1 aliphatic heterocycles. The van der Waals surface area contributed by atoms with E-state index in [0.717, 1.165) is 32.8 Å². The van der Waals surface area contributed by atoms with E-state index in [9.17, 15) is 9.59 Å². The van der Waals surface area contributed by atoms with Crippen LogP contribution in [-0.4, -0.2) is 56.1 Å². The van der Waals surface area contributed by atoms with E-state index in [2.05, 4.69) is 4.90 Å². The number of ether oxygens (including phenoxy) is 2. The first kappa shape index (κ1) is 13.1. The second-order valence-electron chi connectivity index (χ2n) is 3.88. The van der Waals surface area contributed by atoms with E-state index < -0.39 is 0 Å². The maximum atomic E-state index is 11.2. The number of rotatable bonds is 6. The van der Waals surface area contributed by atoms with Gasteiger partial charge in [0.05, 0.1) is 19.6 Å². The Labute approximate surface area is 95.7 Å². The van der Waals surface area contributed by atoms with E-state index in [4.69, 9.17) is 9.47 Å². The highest BCUT2D eigenvalue weighted by Gasteiger charge is 2.11. The van der Waals surface area contributed by atoms with Crippen molar-refractivity contribution in [3.63, 3.8) is 0 Å². The zero-order valence-corrected chi connectivity index (χ0v) is 9.74. The lowest BCUT2D eigenvalue weighted by atomic mass is 10.2. The summed E-state index contributed by atoms with van der Waals surface area (Å²) in [6.45, 7) is 5.90. The van der Waals surface area contributed by atoms with Crippen LogP contribution >= 0.6 is 0 Å². The van der Waals surface area contributed by atoms with Crippen LogP contribution in [0.5, 0.6) is 0 Å². The Bertz CT molecular complexity index is 236. The first-order valence-electron chi connectivity index (χ1n) is 5.63. The monoisotopic (exact) mass is 229 g/mol. The highest BCUT2D eigenvalue weighted by atomic mass is 16.5. The van der Waals surface area contributed by atoms with Crippen molar-refractivity contribution in [3.05, 3.63) is 0 Å². The average molecular weight is 229 g/mol. The van der Waals surface area contributed by atoms with Crippen LogP contribution in [0, 0.1) is 0 Å². The van der Waals surface area contributed by atoms with Crippen molar-refractivity contribution in [2.45, 2.75) is 19.8 Å². The summed E-state index contributed by atoms with van der Waals surface area (Å²) >= 11 is 0. The fourth-order valence-electron chi connectivity index (χ4n) is 1.46. The third-order valence-electron chi connectivity index (χ3n) is 2.46. The Morgan fingerprint density at radius 1 is 1.25 bits per heavy atom. The Balaban J connectivity index is 2.01. The molecule has 1 fully saturated rings. The number of hydrogen-bond acceptors (Lipinski definition) is 5. The number of Topliss-reactive ketones (excluding diaryl/α,β-unsaturated/α-hetero) is 1. The molecule has 92 valence electrons. The van der Waals surface area contributed by atoms with Crippen molar-refractivity contribution in [1.82, 2.24) is 4.90 Å². The normalized spacial score (nSPS) is 17.1. The smallest absolute Gasteiger partial charge is 0.306 e. The van der Waals surface area contributed by atoms with Gasteiger partial charge in [-0.2, -0.15) is 0 Å². The fourth-order valence-corrected chi connectivity index (χ4v) is 1.46. The van der Waals surface area contributed by atoms with Crippen molar-refractivity contribution in [2.24, 2.45) is 0 Å². The van der Waals surface area contributed by atoms with Gasteiger partial charge in [0, 0.05) is 26.1 Å². The van der Waals surface area contributed by atoms with Gasteiger partial charge in [-0.1, -0.05) is 0 Å². The highest BCUT2D eigenvalue weighted by Crippen LogP contribution is 1.98. The average Bonchev–Trinajstić information content (AvgIpc) is 2.28. The summed E-state index contributed by atoms with van der Waals surface area (Å²) in [7, 11) is 0. The van der Waals surface area contributed by atoms with Crippen LogP contribution in [0.15, 0.2) is 0 Å². The summed E-state index contributed by atoms with van der Waals surface area (Å²) in [5, 5.41) is 0. The third-order valence-corrected chi connectivity index (χ3v) is 2.46. The van der Waals surface area contributed by atoms with Crippen LogP contribution in [0.2, 0.25) is 0 Å². The lowest BCUT2D eigenvalue weighted by molar-refractivity contribution is -0.145. The molecule has 0 spiro atoms. The molecular weight excluding hydrogens is 210 g/mol. The Morgan fingerprint density at radius 3 is 2.56 bits per heavy atom. The minimum atomic E-state index is -0.288. The SMILES string of the molecule is CC(=O)CCC(=O)OCCN1CCOCC1. The standard InChI is InChI=1S/C11H19NO4/c1-10(13)2-3-11(14)16-9-6-12-4-7-15-8-5-12/h2-9H2,1H3. The van der Waals surface area contributed by atoms with E-state index >= 15 is 0 Å². The van der Waals surface area contributed by atoms with Gasteiger partial charge in [-0.25, -0.2) is 0 Å². The summed E-state index contributed by atoms with van der Waals surface area (Å²) in [4.78, 5) is 24.0. The molecule has 0 atom stereocenters. The predicted octanol–water partition coefficient (Wildman–Crippen LogP) is 0.231. The van der Waals surface area contributed by atoms with Crippen molar-refractivity contribution >= 4 is 11.8 Å². The first-order valence-corrected chi connectivity index (χ1v) is 5.63. The molecule has 0 aliphatic carbocycles. The number of carbonyl (C=O) groups is 2. The molecule has 1 rings (SSSR count). The second-order valence-corrected chi connectivity index (χ2v) is 3.88. The molecule has 0 unspecified atom stereocenters. The van der Waals surface area contributed by atoms with Crippen molar-refractivity contribution in [1.29, 1.82) is 0 Å². The molecule has 0 saturated carbocycles. The summed E-state index contributed by atoms with van der Waals surface area (Å²) < 4.78 is 10.2. The molecule has 16 heavy (non-hydrogen) atoms. The number of hydrogen-bond donors (Lipinski definition) is 0. The number of carbonyl (C=O) groups excluding carboxylic acids is 2. The molecule has 1 saturated heterocycles. The number of ketones is 1. The van der Waals surface area contributed by atoms with Crippen LogP contribution < -0.4 is 0 Å². The van der Waals surface area contributed by atoms with Crippen molar-refractivity contribution in [3.8, 4) is 0 Å². The molecule has 1 aliphatic rings. The molecule has 5 nitrogen and oxygen atoms in total. The van der Waals surface area contributed by atoms with Gasteiger partial charge < -0.3 is 14.3 Å². The Hall–Kier alpha value is -0.940. The number of esters is 1. The first-order chi connectivity index (χ1) is 7.68. The molecule has 0 aromatic rings. The maximum Gasteiger partial charge on any atom is 0.306 e. The van der Waals surface area contributed by atoms with Gasteiger partial charge in [-0.05, 0) is 6.92 Å².